The average Bonchev–Trinajstić information content (AvgIpc) is 3.17. The Kier molecular flexibility index (Phi) is 7.09. The Labute approximate surface area is 187 Å². The molecule has 0 unspecified atom stereocenters. The average molecular weight is 483 g/mol. The molecule has 2 N–H and O–H groups in total. The predicted molar refractivity (Wildman–Crippen MR) is 120 cm³/mol. The zero-order valence-corrected chi connectivity index (χ0v) is 18.7. The smallest absolute Gasteiger partial charge is 0.263 e. The van der Waals surface area contributed by atoms with Gasteiger partial charge in [-0.3, -0.25) is 9.52 Å². The summed E-state index contributed by atoms with van der Waals surface area (Å²) in [5.74, 6) is -0.257. The summed E-state index contributed by atoms with van der Waals surface area (Å²) in [6.45, 7) is 1.91. The zero-order valence-electron chi connectivity index (χ0n) is 15.6. The van der Waals surface area contributed by atoms with Crippen LogP contribution in [0.25, 0.3) is 0 Å². The number of carbonyl (C=O) groups excluding carboxylic acids is 1. The molecule has 2 aromatic carbocycles. The van der Waals surface area contributed by atoms with E-state index in [0.717, 1.165) is 5.01 Å². The van der Waals surface area contributed by atoms with E-state index in [0.29, 0.717) is 27.7 Å². The van der Waals surface area contributed by atoms with Crippen LogP contribution in [0.5, 0.6) is 0 Å². The van der Waals surface area contributed by atoms with Crippen LogP contribution in [0.1, 0.15) is 22.3 Å². The first kappa shape index (κ1) is 22.2. The highest BCUT2D eigenvalue weighted by Crippen LogP contribution is 2.23. The molecule has 0 bridgehead atoms. The van der Waals surface area contributed by atoms with Crippen molar-refractivity contribution < 1.29 is 13.2 Å². The van der Waals surface area contributed by atoms with Gasteiger partial charge in [0, 0.05) is 23.5 Å². The number of halogens is 2. The molecule has 30 heavy (non-hydrogen) atoms. The fraction of sp³-hybridized carbons (Fsp3) is 0.105. The maximum atomic E-state index is 12.5. The van der Waals surface area contributed by atoms with E-state index in [-0.39, 0.29) is 15.8 Å². The van der Waals surface area contributed by atoms with Crippen LogP contribution >= 0.6 is 34.5 Å². The maximum absolute atomic E-state index is 12.5. The molecule has 3 rings (SSSR count). The topological polar surface area (TPSA) is 101 Å². The number of allylic oxidation sites excluding steroid dienone is 1. The van der Waals surface area contributed by atoms with E-state index in [4.69, 9.17) is 23.2 Å². The Morgan fingerprint density at radius 3 is 2.47 bits per heavy atom. The molecule has 3 aromatic rings. The summed E-state index contributed by atoms with van der Waals surface area (Å²) in [6.07, 6.45) is 3.48. The molecule has 1 heterocycles. The molecular formula is C19H16Cl2N4O3S2. The first-order chi connectivity index (χ1) is 14.3. The fourth-order valence-corrected chi connectivity index (χ4v) is 4.51. The number of carbonyl (C=O) groups is 1. The summed E-state index contributed by atoms with van der Waals surface area (Å²) in [7, 11) is -3.77. The van der Waals surface area contributed by atoms with Crippen molar-refractivity contribution in [2.45, 2.75) is 18.2 Å². The van der Waals surface area contributed by atoms with Crippen molar-refractivity contribution in [1.29, 1.82) is 0 Å². The molecule has 0 atom stereocenters. The van der Waals surface area contributed by atoms with Gasteiger partial charge in [-0.05, 0) is 48.9 Å². The number of nitrogens with one attached hydrogen (secondary N) is 2. The minimum atomic E-state index is -3.77. The number of anilines is 2. The molecule has 0 aliphatic heterocycles. The van der Waals surface area contributed by atoms with Gasteiger partial charge in [0.2, 0.25) is 5.13 Å². The van der Waals surface area contributed by atoms with Crippen LogP contribution in [0.4, 0.5) is 10.8 Å². The lowest BCUT2D eigenvalue weighted by molar-refractivity contribution is 0.104. The molecular weight excluding hydrogens is 467 g/mol. The largest absolute Gasteiger partial charge is 0.362 e. The van der Waals surface area contributed by atoms with Crippen LogP contribution in [-0.2, 0) is 16.4 Å². The van der Waals surface area contributed by atoms with E-state index in [1.165, 1.54) is 41.8 Å². The van der Waals surface area contributed by atoms with Gasteiger partial charge in [0.05, 0.1) is 14.9 Å². The third kappa shape index (κ3) is 5.57. The van der Waals surface area contributed by atoms with E-state index < -0.39 is 10.0 Å². The van der Waals surface area contributed by atoms with Gasteiger partial charge in [-0.15, -0.1) is 10.2 Å². The summed E-state index contributed by atoms with van der Waals surface area (Å²) in [6, 6.07) is 10.7. The molecule has 0 aliphatic carbocycles. The van der Waals surface area contributed by atoms with Gasteiger partial charge in [-0.1, -0.05) is 41.5 Å². The monoisotopic (exact) mass is 482 g/mol. The number of benzene rings is 2. The Bertz CT molecular complexity index is 1190. The highest BCUT2D eigenvalue weighted by molar-refractivity contribution is 7.93. The predicted octanol–water partition coefficient (Wildman–Crippen LogP) is 5.02. The Morgan fingerprint density at radius 2 is 1.83 bits per heavy atom. The Morgan fingerprint density at radius 1 is 1.10 bits per heavy atom. The van der Waals surface area contributed by atoms with Crippen LogP contribution in [0.3, 0.4) is 0 Å². The van der Waals surface area contributed by atoms with Gasteiger partial charge >= 0.3 is 0 Å². The number of sulfonamides is 1. The second-order valence-corrected chi connectivity index (χ2v) is 9.51. The second-order valence-electron chi connectivity index (χ2n) is 5.96. The minimum Gasteiger partial charge on any atom is -0.362 e. The number of rotatable bonds is 8. The van der Waals surface area contributed by atoms with E-state index in [9.17, 15) is 13.2 Å². The van der Waals surface area contributed by atoms with Gasteiger partial charge in [-0.2, -0.15) is 0 Å². The molecule has 0 amide bonds. The summed E-state index contributed by atoms with van der Waals surface area (Å²) in [5, 5.41) is 12.3. The number of hydrogen-bond donors (Lipinski definition) is 2. The number of ketones is 1. The molecule has 0 spiro atoms. The van der Waals surface area contributed by atoms with Gasteiger partial charge in [-0.25, -0.2) is 8.42 Å². The summed E-state index contributed by atoms with van der Waals surface area (Å²) in [4.78, 5) is 12.2. The van der Waals surface area contributed by atoms with Crippen molar-refractivity contribution in [3.05, 3.63) is 75.4 Å². The molecule has 0 fully saturated rings. The first-order valence-electron chi connectivity index (χ1n) is 8.66. The van der Waals surface area contributed by atoms with Crippen molar-refractivity contribution in [2.24, 2.45) is 0 Å². The molecule has 0 radical (unpaired) electrons. The SMILES string of the molecule is CCc1nnc(NS(=O)(=O)c2ccc(N/C=C/C(=O)c3ccc(Cl)c(Cl)c3)cc2)s1. The van der Waals surface area contributed by atoms with Crippen molar-refractivity contribution in [3.63, 3.8) is 0 Å². The Hall–Kier alpha value is -2.46. The minimum absolute atomic E-state index is 0.0807. The molecule has 0 aliphatic rings. The summed E-state index contributed by atoms with van der Waals surface area (Å²) < 4.78 is 27.3. The van der Waals surface area contributed by atoms with Gasteiger partial charge in [0.25, 0.3) is 10.0 Å². The van der Waals surface area contributed by atoms with Crippen molar-refractivity contribution in [2.75, 3.05) is 10.0 Å². The van der Waals surface area contributed by atoms with E-state index in [2.05, 4.69) is 20.2 Å². The van der Waals surface area contributed by atoms with E-state index in [1.54, 1.807) is 24.3 Å². The van der Waals surface area contributed by atoms with Gasteiger partial charge in [0.15, 0.2) is 5.78 Å². The lowest BCUT2D eigenvalue weighted by atomic mass is 10.1. The van der Waals surface area contributed by atoms with Crippen LogP contribution in [0.15, 0.2) is 59.6 Å². The molecule has 0 saturated carbocycles. The summed E-state index contributed by atoms with van der Waals surface area (Å²) in [5.41, 5.74) is 1.01. The standard InChI is InChI=1S/C19H16Cl2N4O3S2/c1-2-18-23-24-19(29-18)25-30(27,28)14-6-4-13(5-7-14)22-10-9-17(26)12-3-8-15(20)16(21)11-12/h3-11,22H,2H2,1H3,(H,24,25)/b10-9+. The molecule has 0 saturated heterocycles. The highest BCUT2D eigenvalue weighted by atomic mass is 35.5. The van der Waals surface area contributed by atoms with Crippen molar-refractivity contribution >= 4 is 61.2 Å². The second kappa shape index (κ2) is 9.57. The van der Waals surface area contributed by atoms with Gasteiger partial charge in [0.1, 0.15) is 5.01 Å². The highest BCUT2D eigenvalue weighted by Gasteiger charge is 2.16. The third-order valence-electron chi connectivity index (χ3n) is 3.84. The molecule has 11 heteroatoms. The number of nitrogens with zero attached hydrogens (tertiary/aromatic N) is 2. The third-order valence-corrected chi connectivity index (χ3v) is 7.05. The lowest BCUT2D eigenvalue weighted by Crippen LogP contribution is -2.12. The number of aromatic nitrogens is 2. The van der Waals surface area contributed by atoms with E-state index in [1.807, 2.05) is 6.92 Å². The molecule has 7 nitrogen and oxygen atoms in total. The van der Waals surface area contributed by atoms with Crippen molar-refractivity contribution in [3.8, 4) is 0 Å². The van der Waals surface area contributed by atoms with Crippen LogP contribution in [0.2, 0.25) is 10.0 Å². The first-order valence-corrected chi connectivity index (χ1v) is 11.7. The molecule has 156 valence electrons. The van der Waals surface area contributed by atoms with Crippen molar-refractivity contribution in [1.82, 2.24) is 10.2 Å². The van der Waals surface area contributed by atoms with Crippen LogP contribution in [-0.4, -0.2) is 24.4 Å². The molecule has 1 aromatic heterocycles. The number of hydrogen-bond acceptors (Lipinski definition) is 7. The van der Waals surface area contributed by atoms with Crippen LogP contribution in [0, 0.1) is 0 Å². The quantitative estimate of drug-likeness (QED) is 0.345. The lowest BCUT2D eigenvalue weighted by Gasteiger charge is -2.06. The number of aryl methyl sites for hydroxylation is 1. The fourth-order valence-electron chi connectivity index (χ4n) is 2.30. The summed E-state index contributed by atoms with van der Waals surface area (Å²) >= 11 is 12.9. The Balaban J connectivity index is 1.62. The zero-order chi connectivity index (χ0) is 21.7. The van der Waals surface area contributed by atoms with Gasteiger partial charge < -0.3 is 5.32 Å². The van der Waals surface area contributed by atoms with Crippen LogP contribution < -0.4 is 10.0 Å². The van der Waals surface area contributed by atoms with E-state index >= 15 is 0 Å². The normalized spacial score (nSPS) is 11.6. The maximum Gasteiger partial charge on any atom is 0.263 e.